The highest BCUT2D eigenvalue weighted by Crippen LogP contribution is 2.27. The van der Waals surface area contributed by atoms with Crippen molar-refractivity contribution in [1.29, 1.82) is 0 Å². The zero-order valence-electron chi connectivity index (χ0n) is 57.4. The van der Waals surface area contributed by atoms with Gasteiger partial charge < -0.3 is 32.4 Å². The van der Waals surface area contributed by atoms with Crippen molar-refractivity contribution in [2.75, 3.05) is 22.9 Å². The van der Waals surface area contributed by atoms with E-state index in [-0.39, 0.29) is 23.1 Å². The first-order valence-corrected chi connectivity index (χ1v) is 33.6. The van der Waals surface area contributed by atoms with Crippen LogP contribution in [0.4, 0.5) is 22.7 Å². The Morgan fingerprint density at radius 1 is 0.179 bits per heavy atom. The number of hydrogen-bond donors (Lipinski definition) is 4. The Labute approximate surface area is 617 Å². The molecular weight excluding hydrogens is 1310 g/mol. The van der Waals surface area contributed by atoms with Crippen LogP contribution in [0.2, 0.25) is 0 Å². The summed E-state index contributed by atoms with van der Waals surface area (Å²) in [4.78, 5) is 50.3. The Morgan fingerprint density at radius 3 is 0.679 bits per heavy atom. The molecule has 0 fully saturated rings. The predicted octanol–water partition coefficient (Wildman–Crippen LogP) is 19.2. The molecule has 0 saturated carbocycles. The Bertz CT molecular complexity index is 5580. The Kier molecular flexibility index (Phi) is 25.0. The van der Waals surface area contributed by atoms with Crippen molar-refractivity contribution in [3.8, 4) is 70.4 Å². The van der Waals surface area contributed by atoms with Crippen molar-refractivity contribution in [3.05, 3.63) is 453 Å². The maximum absolute atomic E-state index is 12.8. The summed E-state index contributed by atoms with van der Waals surface area (Å²) in [5.74, 6) is 27.3. The molecular formula is C96H68N4O6. The molecule has 0 aromatic heterocycles. The van der Waals surface area contributed by atoms with Crippen molar-refractivity contribution in [2.45, 2.75) is 0 Å². The van der Waals surface area contributed by atoms with Gasteiger partial charge in [0, 0.05) is 118 Å². The van der Waals surface area contributed by atoms with Crippen LogP contribution in [-0.4, -0.2) is 23.1 Å². The SMILES string of the molecule is Nc1ccc(C(=O)c2ccc(C#Cc3ccccc3)cc2)cc1.Nc1ccc(Oc2ccc(C(=O)c3ccc(C#Cc4ccccc4)cc3)cc2)cc1.Nc1cccc(C(=O)c2ccc(C#Cc3ccccc3)cc2)c1.Nc1cccc(Oc2ccc(C(=O)c3ccc(C#Cc4ccccc4)cc3)cc2)c1. The number of rotatable bonds is 12. The molecule has 0 amide bonds. The fraction of sp³-hybridized carbons (Fsp3) is 0. The maximum Gasteiger partial charge on any atom is 0.193 e. The second kappa shape index (κ2) is 36.8. The van der Waals surface area contributed by atoms with Crippen LogP contribution in [0.1, 0.15) is 108 Å². The maximum atomic E-state index is 12.8. The first-order chi connectivity index (χ1) is 51.8. The summed E-state index contributed by atoms with van der Waals surface area (Å²) < 4.78 is 11.5. The van der Waals surface area contributed by atoms with Crippen LogP contribution >= 0.6 is 0 Å². The van der Waals surface area contributed by atoms with Crippen LogP contribution in [0.3, 0.4) is 0 Å². The Hall–Kier alpha value is -15.2. The van der Waals surface area contributed by atoms with E-state index in [0.717, 1.165) is 44.5 Å². The van der Waals surface area contributed by atoms with Gasteiger partial charge in [-0.2, -0.15) is 0 Å². The summed E-state index contributed by atoms with van der Waals surface area (Å²) in [5.41, 5.74) is 37.6. The molecule has 508 valence electrons. The average Bonchev–Trinajstić information content (AvgIpc) is 0.859. The van der Waals surface area contributed by atoms with Crippen LogP contribution in [-0.2, 0) is 0 Å². The van der Waals surface area contributed by atoms with Crippen molar-refractivity contribution >= 4 is 45.9 Å². The van der Waals surface area contributed by atoms with E-state index in [4.69, 9.17) is 32.4 Å². The lowest BCUT2D eigenvalue weighted by Gasteiger charge is -2.07. The average molecular weight is 1370 g/mol. The van der Waals surface area contributed by atoms with E-state index in [2.05, 4.69) is 47.4 Å². The standard InChI is InChI=1S/2C27H19NO2.2C21H15NO/c28-24-7-4-8-26(19-24)30-25-17-15-23(16-18-25)27(29)22-13-11-21(12-14-22)10-9-20-5-2-1-3-6-20;28-24-14-18-26(19-15-24)30-25-16-12-23(13-17-25)27(29)22-10-8-21(9-11-22)7-6-20-4-2-1-3-5-20;22-20-8-4-7-19(15-20)21(23)18-13-11-17(12-14-18)10-9-16-5-2-1-3-6-16;22-20-14-12-19(13-15-20)21(23)18-10-8-17(9-11-18)7-6-16-4-2-1-3-5-16/h1-8,11-19H,28H2;1-5,8-19H,28H2;1-8,11-15H,22H2;1-5,8-15H,22H2. The second-order valence-corrected chi connectivity index (χ2v) is 23.7. The zero-order chi connectivity index (χ0) is 73.7. The normalized spacial score (nSPS) is 9.89. The quantitative estimate of drug-likeness (QED) is 0.0520. The van der Waals surface area contributed by atoms with Gasteiger partial charge in [-0.1, -0.05) is 138 Å². The van der Waals surface area contributed by atoms with Crippen LogP contribution in [0.15, 0.2) is 364 Å². The first-order valence-electron chi connectivity index (χ1n) is 33.6. The fourth-order valence-electron chi connectivity index (χ4n) is 10.2. The van der Waals surface area contributed by atoms with Crippen LogP contribution in [0.25, 0.3) is 0 Å². The number of ketones is 4. The molecule has 0 radical (unpaired) electrons. The lowest BCUT2D eigenvalue weighted by atomic mass is 10.0. The van der Waals surface area contributed by atoms with Gasteiger partial charge in [0.05, 0.1) is 0 Å². The van der Waals surface area contributed by atoms with E-state index in [0.29, 0.717) is 90.3 Å². The van der Waals surface area contributed by atoms with E-state index >= 15 is 0 Å². The largest absolute Gasteiger partial charge is 0.457 e. The minimum atomic E-state index is -0.0481. The van der Waals surface area contributed by atoms with Crippen LogP contribution in [0.5, 0.6) is 23.0 Å². The molecule has 106 heavy (non-hydrogen) atoms. The summed E-state index contributed by atoms with van der Waals surface area (Å²) in [6.45, 7) is 0. The first kappa shape index (κ1) is 72.1. The van der Waals surface area contributed by atoms with Gasteiger partial charge in [0.15, 0.2) is 23.1 Å². The molecule has 0 unspecified atom stereocenters. The number of hydrogen-bond acceptors (Lipinski definition) is 10. The molecule has 0 aliphatic rings. The van der Waals surface area contributed by atoms with Gasteiger partial charge in [-0.3, -0.25) is 19.2 Å². The monoisotopic (exact) mass is 1370 g/mol. The third-order valence-electron chi connectivity index (χ3n) is 15.9. The molecule has 0 spiro atoms. The highest BCUT2D eigenvalue weighted by atomic mass is 16.5. The summed E-state index contributed by atoms with van der Waals surface area (Å²) >= 11 is 0. The van der Waals surface area contributed by atoms with Gasteiger partial charge in [0.2, 0.25) is 0 Å². The topological polar surface area (TPSA) is 191 Å². The van der Waals surface area contributed by atoms with Crippen molar-refractivity contribution < 1.29 is 28.7 Å². The molecule has 10 nitrogen and oxygen atoms in total. The van der Waals surface area contributed by atoms with E-state index in [1.807, 2.05) is 182 Å². The van der Waals surface area contributed by atoms with Crippen LogP contribution in [0, 0.1) is 47.4 Å². The molecule has 0 atom stereocenters. The number of carbonyl (C=O) groups excluding carboxylic acids is 4. The summed E-state index contributed by atoms with van der Waals surface area (Å²) in [6.07, 6.45) is 0. The molecule has 0 aliphatic carbocycles. The second-order valence-electron chi connectivity index (χ2n) is 23.7. The van der Waals surface area contributed by atoms with Crippen LogP contribution < -0.4 is 32.4 Å². The summed E-state index contributed by atoms with van der Waals surface area (Å²) in [5, 5.41) is 0. The Balaban J connectivity index is 0.000000142. The molecule has 10 heteroatoms. The highest BCUT2D eigenvalue weighted by Gasteiger charge is 2.14. The van der Waals surface area contributed by atoms with Gasteiger partial charge in [-0.25, -0.2) is 0 Å². The lowest BCUT2D eigenvalue weighted by Crippen LogP contribution is -2.01. The molecule has 8 N–H and O–H groups in total. The van der Waals surface area contributed by atoms with E-state index in [1.165, 1.54) is 0 Å². The number of benzene rings is 14. The third-order valence-corrected chi connectivity index (χ3v) is 15.9. The van der Waals surface area contributed by atoms with E-state index < -0.39 is 0 Å². The molecule has 0 heterocycles. The van der Waals surface area contributed by atoms with Gasteiger partial charge in [0.25, 0.3) is 0 Å². The molecule has 14 aromatic carbocycles. The van der Waals surface area contributed by atoms with E-state index in [1.54, 1.807) is 182 Å². The lowest BCUT2D eigenvalue weighted by molar-refractivity contribution is 0.103. The van der Waals surface area contributed by atoms with Crippen molar-refractivity contribution in [2.24, 2.45) is 0 Å². The summed E-state index contributed by atoms with van der Waals surface area (Å²) in [7, 11) is 0. The number of anilines is 4. The van der Waals surface area contributed by atoms with Gasteiger partial charge in [-0.15, -0.1) is 0 Å². The smallest absolute Gasteiger partial charge is 0.193 e. The van der Waals surface area contributed by atoms with Crippen molar-refractivity contribution in [1.82, 2.24) is 0 Å². The number of carbonyl (C=O) groups is 4. The minimum absolute atomic E-state index is 0.0208. The summed E-state index contributed by atoms with van der Waals surface area (Å²) in [6, 6.07) is 111. The van der Waals surface area contributed by atoms with Gasteiger partial charge in [0.1, 0.15) is 23.0 Å². The number of nitrogen functional groups attached to an aromatic ring is 4. The highest BCUT2D eigenvalue weighted by molar-refractivity contribution is 6.11. The number of nitrogens with two attached hydrogens (primary N) is 4. The predicted molar refractivity (Wildman–Crippen MR) is 426 cm³/mol. The fourth-order valence-corrected chi connectivity index (χ4v) is 10.2. The molecule has 0 aliphatic heterocycles. The van der Waals surface area contributed by atoms with Crippen molar-refractivity contribution in [3.63, 3.8) is 0 Å². The molecule has 0 saturated heterocycles. The molecule has 14 aromatic rings. The van der Waals surface area contributed by atoms with E-state index in [9.17, 15) is 19.2 Å². The zero-order valence-corrected chi connectivity index (χ0v) is 57.4. The molecule has 0 bridgehead atoms. The van der Waals surface area contributed by atoms with Gasteiger partial charge in [-0.05, 0) is 267 Å². The molecule has 14 rings (SSSR count). The van der Waals surface area contributed by atoms with Gasteiger partial charge >= 0.3 is 0 Å². The third kappa shape index (κ3) is 21.9. The number of ether oxygens (including phenoxy) is 2. The minimum Gasteiger partial charge on any atom is -0.457 e. The Morgan fingerprint density at radius 2 is 0.396 bits per heavy atom.